The highest BCUT2D eigenvalue weighted by Crippen LogP contribution is 2.23. The van der Waals surface area contributed by atoms with E-state index >= 15 is 0 Å². The third-order valence-electron chi connectivity index (χ3n) is 3.03. The van der Waals surface area contributed by atoms with Gasteiger partial charge in [-0.25, -0.2) is 0 Å². The molecule has 1 rings (SSSR count). The quantitative estimate of drug-likeness (QED) is 0.477. The molecule has 96 valence electrons. The Morgan fingerprint density at radius 1 is 1.17 bits per heavy atom. The van der Waals surface area contributed by atoms with Gasteiger partial charge in [0.1, 0.15) is 0 Å². The minimum absolute atomic E-state index is 1.16. The van der Waals surface area contributed by atoms with Crippen molar-refractivity contribution in [2.24, 2.45) is 4.99 Å². The lowest BCUT2D eigenvalue weighted by atomic mass is 9.94. The molecule has 0 atom stereocenters. The standard InChI is InChI=1S/C17H23N/c1-5-18-13-12-15(3)6-9-16(4)17-10-7-14(2)8-11-17/h5-7,9-10,12-13H,8,11H2,1-4H3/b13-12-,15-6+,16-9+,18-5-. The van der Waals surface area contributed by atoms with E-state index in [1.165, 1.54) is 28.7 Å². The van der Waals surface area contributed by atoms with Crippen LogP contribution in [0.2, 0.25) is 0 Å². The second-order valence-electron chi connectivity index (χ2n) is 4.69. The first-order valence-corrected chi connectivity index (χ1v) is 6.49. The van der Waals surface area contributed by atoms with E-state index in [0.717, 1.165) is 6.42 Å². The molecule has 0 fully saturated rings. The first kappa shape index (κ1) is 14.4. The van der Waals surface area contributed by atoms with Crippen LogP contribution in [0.15, 0.2) is 63.9 Å². The SMILES string of the molecule is C\C=N/C=C\C(C)=C\C=C(/C)C1=CC=C(C)CC1. The Morgan fingerprint density at radius 2 is 1.94 bits per heavy atom. The molecule has 0 aromatic rings. The second-order valence-corrected chi connectivity index (χ2v) is 4.69. The highest BCUT2D eigenvalue weighted by Gasteiger charge is 2.03. The van der Waals surface area contributed by atoms with Crippen molar-refractivity contribution >= 4 is 6.21 Å². The van der Waals surface area contributed by atoms with E-state index in [2.05, 4.69) is 50.1 Å². The van der Waals surface area contributed by atoms with Crippen LogP contribution in [0.1, 0.15) is 40.5 Å². The Labute approximate surface area is 111 Å². The summed E-state index contributed by atoms with van der Waals surface area (Å²) in [5.41, 5.74) is 5.48. The highest BCUT2D eigenvalue weighted by molar-refractivity contribution is 5.54. The summed E-state index contributed by atoms with van der Waals surface area (Å²) in [6.45, 7) is 8.37. The molecule has 1 heteroatoms. The molecular weight excluding hydrogens is 218 g/mol. The molecule has 0 aliphatic heterocycles. The van der Waals surface area contributed by atoms with Gasteiger partial charge in [-0.1, -0.05) is 29.9 Å². The third kappa shape index (κ3) is 5.13. The zero-order valence-corrected chi connectivity index (χ0v) is 11.9. The summed E-state index contributed by atoms with van der Waals surface area (Å²) in [7, 11) is 0. The van der Waals surface area contributed by atoms with Crippen LogP contribution in [0.4, 0.5) is 0 Å². The Balaban J connectivity index is 2.69. The van der Waals surface area contributed by atoms with Gasteiger partial charge in [-0.3, -0.25) is 4.99 Å². The van der Waals surface area contributed by atoms with Gasteiger partial charge in [-0.2, -0.15) is 0 Å². The van der Waals surface area contributed by atoms with Crippen LogP contribution in [0.3, 0.4) is 0 Å². The third-order valence-corrected chi connectivity index (χ3v) is 3.03. The molecule has 0 saturated carbocycles. The number of hydrogen-bond donors (Lipinski definition) is 0. The summed E-state index contributed by atoms with van der Waals surface area (Å²) in [5, 5.41) is 0. The van der Waals surface area contributed by atoms with Crippen LogP contribution < -0.4 is 0 Å². The van der Waals surface area contributed by atoms with Gasteiger partial charge >= 0.3 is 0 Å². The van der Waals surface area contributed by atoms with Crippen molar-refractivity contribution in [1.29, 1.82) is 0 Å². The summed E-state index contributed by atoms with van der Waals surface area (Å²) in [6, 6.07) is 0. The Bertz CT molecular complexity index is 454. The summed E-state index contributed by atoms with van der Waals surface area (Å²) >= 11 is 0. The number of rotatable bonds is 4. The van der Waals surface area contributed by atoms with Crippen LogP contribution in [0, 0.1) is 0 Å². The van der Waals surface area contributed by atoms with Gasteiger partial charge < -0.3 is 0 Å². The van der Waals surface area contributed by atoms with Crippen molar-refractivity contribution in [2.45, 2.75) is 40.5 Å². The van der Waals surface area contributed by atoms with E-state index in [1.807, 2.05) is 19.2 Å². The van der Waals surface area contributed by atoms with E-state index in [4.69, 9.17) is 0 Å². The molecule has 1 aliphatic rings. The number of nitrogens with zero attached hydrogens (tertiary/aromatic N) is 1. The lowest BCUT2D eigenvalue weighted by molar-refractivity contribution is 0.912. The fourth-order valence-electron chi connectivity index (χ4n) is 1.74. The highest BCUT2D eigenvalue weighted by atomic mass is 14.6. The van der Waals surface area contributed by atoms with Gasteiger partial charge in [0.05, 0.1) is 0 Å². The Hall–Kier alpha value is -1.63. The van der Waals surface area contributed by atoms with Crippen LogP contribution in [-0.2, 0) is 0 Å². The fraction of sp³-hybridized carbons (Fsp3) is 0.353. The Kier molecular flexibility index (Phi) is 6.13. The number of allylic oxidation sites excluding steroid dienone is 9. The molecule has 0 bridgehead atoms. The van der Waals surface area contributed by atoms with Gasteiger partial charge in [0.2, 0.25) is 0 Å². The lowest BCUT2D eigenvalue weighted by Gasteiger charge is -2.12. The van der Waals surface area contributed by atoms with Crippen LogP contribution in [-0.4, -0.2) is 6.21 Å². The van der Waals surface area contributed by atoms with Crippen molar-refractivity contribution in [3.63, 3.8) is 0 Å². The van der Waals surface area contributed by atoms with Crippen LogP contribution >= 0.6 is 0 Å². The minimum atomic E-state index is 1.16. The Morgan fingerprint density at radius 3 is 2.56 bits per heavy atom. The molecule has 0 amide bonds. The monoisotopic (exact) mass is 241 g/mol. The van der Waals surface area contributed by atoms with Gasteiger partial charge in [0.25, 0.3) is 0 Å². The second kappa shape index (κ2) is 7.65. The van der Waals surface area contributed by atoms with Gasteiger partial charge in [-0.15, -0.1) is 0 Å². The van der Waals surface area contributed by atoms with E-state index < -0.39 is 0 Å². The predicted molar refractivity (Wildman–Crippen MR) is 81.9 cm³/mol. The van der Waals surface area contributed by atoms with E-state index in [0.29, 0.717) is 0 Å². The zero-order chi connectivity index (χ0) is 13.4. The van der Waals surface area contributed by atoms with Gasteiger partial charge in [-0.05, 0) is 63.3 Å². The number of hydrogen-bond acceptors (Lipinski definition) is 1. The average molecular weight is 241 g/mol. The molecule has 0 aromatic heterocycles. The predicted octanol–water partition coefficient (Wildman–Crippen LogP) is 5.15. The minimum Gasteiger partial charge on any atom is -0.269 e. The largest absolute Gasteiger partial charge is 0.269 e. The summed E-state index contributed by atoms with van der Waals surface area (Å²) in [5.74, 6) is 0. The first-order chi connectivity index (χ1) is 8.63. The van der Waals surface area contributed by atoms with Crippen LogP contribution in [0.5, 0.6) is 0 Å². The van der Waals surface area contributed by atoms with E-state index in [1.54, 1.807) is 6.21 Å². The molecular formula is C17H23N. The average Bonchev–Trinajstić information content (AvgIpc) is 2.37. The van der Waals surface area contributed by atoms with E-state index in [9.17, 15) is 0 Å². The number of aliphatic imine (C=N–C) groups is 1. The molecule has 0 saturated heterocycles. The summed E-state index contributed by atoms with van der Waals surface area (Å²) in [6.07, 6.45) is 16.8. The van der Waals surface area contributed by atoms with Gasteiger partial charge in [0.15, 0.2) is 0 Å². The normalized spacial score (nSPS) is 18.4. The molecule has 0 aromatic carbocycles. The lowest BCUT2D eigenvalue weighted by Crippen LogP contribution is -1.92. The molecule has 0 N–H and O–H groups in total. The van der Waals surface area contributed by atoms with Crippen molar-refractivity contribution in [3.05, 3.63) is 58.9 Å². The topological polar surface area (TPSA) is 12.4 Å². The van der Waals surface area contributed by atoms with Crippen molar-refractivity contribution in [2.75, 3.05) is 0 Å². The smallest absolute Gasteiger partial charge is 0.0266 e. The maximum Gasteiger partial charge on any atom is 0.0266 e. The fourth-order valence-corrected chi connectivity index (χ4v) is 1.74. The van der Waals surface area contributed by atoms with Crippen LogP contribution in [0.25, 0.3) is 0 Å². The van der Waals surface area contributed by atoms with Crippen molar-refractivity contribution < 1.29 is 0 Å². The van der Waals surface area contributed by atoms with Gasteiger partial charge in [0, 0.05) is 12.4 Å². The molecule has 0 spiro atoms. The van der Waals surface area contributed by atoms with E-state index in [-0.39, 0.29) is 0 Å². The summed E-state index contributed by atoms with van der Waals surface area (Å²) in [4.78, 5) is 4.05. The molecule has 1 nitrogen and oxygen atoms in total. The zero-order valence-electron chi connectivity index (χ0n) is 11.9. The first-order valence-electron chi connectivity index (χ1n) is 6.49. The maximum atomic E-state index is 4.05. The van der Waals surface area contributed by atoms with Crippen molar-refractivity contribution in [1.82, 2.24) is 0 Å². The molecule has 0 unspecified atom stereocenters. The molecule has 0 radical (unpaired) electrons. The van der Waals surface area contributed by atoms with Crippen molar-refractivity contribution in [3.8, 4) is 0 Å². The molecule has 1 aliphatic carbocycles. The molecule has 18 heavy (non-hydrogen) atoms. The molecule has 0 heterocycles. The summed E-state index contributed by atoms with van der Waals surface area (Å²) < 4.78 is 0. The maximum absolute atomic E-state index is 4.05.